The van der Waals surface area contributed by atoms with Crippen molar-refractivity contribution in [3.63, 3.8) is 0 Å². The molecule has 0 bridgehead atoms. The number of rotatable bonds is 11. The molecule has 0 aliphatic heterocycles. The largest absolute Gasteiger partial charge is 0.494 e. The second kappa shape index (κ2) is 12.1. The van der Waals surface area contributed by atoms with Gasteiger partial charge in [0.1, 0.15) is 30.5 Å². The van der Waals surface area contributed by atoms with Gasteiger partial charge in [-0.15, -0.1) is 0 Å². The molecule has 0 fully saturated rings. The second-order valence-electron chi connectivity index (χ2n) is 9.37. The molecule has 1 amide bonds. The van der Waals surface area contributed by atoms with E-state index in [-0.39, 0.29) is 29.1 Å². The molecule has 37 heavy (non-hydrogen) atoms. The molecule has 0 radical (unpaired) electrons. The first-order valence-electron chi connectivity index (χ1n) is 12.0. The maximum absolute atomic E-state index is 13.5. The average Bonchev–Trinajstić information content (AvgIpc) is 2.86. The minimum atomic E-state index is -4.12. The molecule has 0 spiro atoms. The first-order valence-corrected chi connectivity index (χ1v) is 13.5. The van der Waals surface area contributed by atoms with E-state index in [9.17, 15) is 17.6 Å². The molecule has 0 unspecified atom stereocenters. The quantitative estimate of drug-likeness (QED) is 0.358. The highest BCUT2D eigenvalue weighted by molar-refractivity contribution is 7.92. The fourth-order valence-corrected chi connectivity index (χ4v) is 4.94. The zero-order valence-electron chi connectivity index (χ0n) is 21.5. The van der Waals surface area contributed by atoms with Gasteiger partial charge in [0.05, 0.1) is 23.7 Å². The first kappa shape index (κ1) is 28.0. The Morgan fingerprint density at radius 1 is 0.892 bits per heavy atom. The summed E-state index contributed by atoms with van der Waals surface area (Å²) in [6.07, 6.45) is 0. The number of ether oxygens (including phenoxy) is 2. The molecule has 0 atom stereocenters. The number of hydrogen-bond donors (Lipinski definition) is 1. The van der Waals surface area contributed by atoms with Crippen LogP contribution >= 0.6 is 0 Å². The second-order valence-corrected chi connectivity index (χ2v) is 11.2. The lowest BCUT2D eigenvalue weighted by Crippen LogP contribution is -2.41. The highest BCUT2D eigenvalue weighted by atomic mass is 32.2. The Morgan fingerprint density at radius 2 is 1.46 bits per heavy atom. The minimum Gasteiger partial charge on any atom is -0.494 e. The summed E-state index contributed by atoms with van der Waals surface area (Å²) in [6, 6.07) is 18.6. The molecule has 0 aliphatic rings. The summed E-state index contributed by atoms with van der Waals surface area (Å²) in [5, 5.41) is 2.69. The molecule has 0 aliphatic carbocycles. The molecule has 198 valence electrons. The average molecular weight is 529 g/mol. The summed E-state index contributed by atoms with van der Waals surface area (Å²) in [6.45, 7) is 8.56. The van der Waals surface area contributed by atoms with Crippen molar-refractivity contribution in [2.24, 2.45) is 0 Å². The number of halogens is 1. The van der Waals surface area contributed by atoms with E-state index in [2.05, 4.69) is 26.1 Å². The molecule has 1 N–H and O–H groups in total. The van der Waals surface area contributed by atoms with E-state index in [1.54, 1.807) is 12.1 Å². The van der Waals surface area contributed by atoms with Crippen LogP contribution < -0.4 is 19.1 Å². The summed E-state index contributed by atoms with van der Waals surface area (Å²) >= 11 is 0. The van der Waals surface area contributed by atoms with Crippen LogP contribution in [0.1, 0.15) is 33.3 Å². The molecular formula is C28H33FN2O5S. The van der Waals surface area contributed by atoms with E-state index < -0.39 is 28.3 Å². The summed E-state index contributed by atoms with van der Waals surface area (Å²) < 4.78 is 52.4. The van der Waals surface area contributed by atoms with Crippen molar-refractivity contribution in [3.8, 4) is 11.5 Å². The lowest BCUT2D eigenvalue weighted by atomic mass is 9.87. The van der Waals surface area contributed by atoms with Crippen LogP contribution in [0.25, 0.3) is 0 Å². The molecule has 7 nitrogen and oxygen atoms in total. The Hall–Kier alpha value is -3.59. The SMILES string of the molecule is CCOc1ccc(S(=O)(=O)N(CC(=O)NCCOc2ccc(C(C)(C)C)cc2)c2ccc(F)cc2)cc1. The van der Waals surface area contributed by atoms with Gasteiger partial charge in [0, 0.05) is 0 Å². The summed E-state index contributed by atoms with van der Waals surface area (Å²) in [4.78, 5) is 12.7. The lowest BCUT2D eigenvalue weighted by Gasteiger charge is -2.24. The third-order valence-electron chi connectivity index (χ3n) is 5.54. The predicted molar refractivity (Wildman–Crippen MR) is 142 cm³/mol. The molecule has 3 aromatic rings. The van der Waals surface area contributed by atoms with Gasteiger partial charge in [-0.25, -0.2) is 12.8 Å². The van der Waals surface area contributed by atoms with E-state index in [4.69, 9.17) is 9.47 Å². The Balaban J connectivity index is 1.66. The van der Waals surface area contributed by atoms with Crippen molar-refractivity contribution >= 4 is 21.6 Å². The topological polar surface area (TPSA) is 84.9 Å². The number of nitrogens with one attached hydrogen (secondary N) is 1. The molecule has 0 saturated carbocycles. The van der Waals surface area contributed by atoms with Crippen LogP contribution in [-0.2, 0) is 20.2 Å². The van der Waals surface area contributed by atoms with E-state index >= 15 is 0 Å². The molecular weight excluding hydrogens is 495 g/mol. The molecule has 3 aromatic carbocycles. The molecule has 3 rings (SSSR count). The van der Waals surface area contributed by atoms with E-state index in [0.29, 0.717) is 18.1 Å². The van der Waals surface area contributed by atoms with Crippen molar-refractivity contribution in [1.29, 1.82) is 0 Å². The maximum atomic E-state index is 13.5. The summed E-state index contributed by atoms with van der Waals surface area (Å²) in [5.74, 6) is 0.165. The Kier molecular flexibility index (Phi) is 9.15. The van der Waals surface area contributed by atoms with Crippen molar-refractivity contribution < 1.29 is 27.1 Å². The van der Waals surface area contributed by atoms with Gasteiger partial charge >= 0.3 is 0 Å². The molecule has 0 heterocycles. The highest BCUT2D eigenvalue weighted by Crippen LogP contribution is 2.26. The number of carbonyl (C=O) groups is 1. The van der Waals surface area contributed by atoms with Crippen molar-refractivity contribution in [1.82, 2.24) is 5.32 Å². The number of hydrogen-bond acceptors (Lipinski definition) is 5. The van der Waals surface area contributed by atoms with E-state index in [0.717, 1.165) is 16.4 Å². The normalized spacial score (nSPS) is 11.6. The predicted octanol–water partition coefficient (Wildman–Crippen LogP) is 4.91. The first-order chi connectivity index (χ1) is 17.5. The van der Waals surface area contributed by atoms with Crippen LogP contribution in [0.5, 0.6) is 11.5 Å². The monoisotopic (exact) mass is 528 g/mol. The summed E-state index contributed by atoms with van der Waals surface area (Å²) in [7, 11) is -4.12. The van der Waals surface area contributed by atoms with Gasteiger partial charge in [0.25, 0.3) is 10.0 Å². The van der Waals surface area contributed by atoms with Crippen LogP contribution in [0.3, 0.4) is 0 Å². The smallest absolute Gasteiger partial charge is 0.264 e. The van der Waals surface area contributed by atoms with Gasteiger partial charge < -0.3 is 14.8 Å². The van der Waals surface area contributed by atoms with Crippen LogP contribution in [-0.4, -0.2) is 40.6 Å². The zero-order chi connectivity index (χ0) is 27.1. The van der Waals surface area contributed by atoms with Gasteiger partial charge in [-0.3, -0.25) is 9.10 Å². The third kappa shape index (κ3) is 7.69. The Labute approximate surface area is 218 Å². The number of anilines is 1. The van der Waals surface area contributed by atoms with Crippen LogP contribution in [0, 0.1) is 5.82 Å². The van der Waals surface area contributed by atoms with Crippen LogP contribution in [0.4, 0.5) is 10.1 Å². The fourth-order valence-electron chi connectivity index (χ4n) is 3.52. The molecule has 0 aromatic heterocycles. The fraction of sp³-hybridized carbons (Fsp3) is 0.321. The van der Waals surface area contributed by atoms with Gasteiger partial charge in [-0.1, -0.05) is 32.9 Å². The van der Waals surface area contributed by atoms with Crippen molar-refractivity contribution in [2.75, 3.05) is 30.6 Å². The van der Waals surface area contributed by atoms with Crippen molar-refractivity contribution in [2.45, 2.75) is 38.0 Å². The number of sulfonamides is 1. The third-order valence-corrected chi connectivity index (χ3v) is 7.33. The van der Waals surface area contributed by atoms with Gasteiger partial charge in [0.15, 0.2) is 0 Å². The van der Waals surface area contributed by atoms with E-state index in [1.807, 2.05) is 31.2 Å². The highest BCUT2D eigenvalue weighted by Gasteiger charge is 2.27. The molecule has 0 saturated heterocycles. The molecule has 9 heteroatoms. The standard InChI is InChI=1S/C28H33FN2O5S/c1-5-35-24-14-16-26(17-15-24)37(33,34)31(23-10-8-22(29)9-11-23)20-27(32)30-18-19-36-25-12-6-21(7-13-25)28(2,3)4/h6-17H,5,18-20H2,1-4H3,(H,30,32). The Morgan fingerprint density at radius 3 is 2.03 bits per heavy atom. The van der Waals surface area contributed by atoms with Gasteiger partial charge in [-0.05, 0) is 78.6 Å². The number of benzene rings is 3. The van der Waals surface area contributed by atoms with Crippen LogP contribution in [0.2, 0.25) is 0 Å². The number of nitrogens with zero attached hydrogens (tertiary/aromatic N) is 1. The minimum absolute atomic E-state index is 0.0184. The van der Waals surface area contributed by atoms with Gasteiger partial charge in [-0.2, -0.15) is 0 Å². The Bertz CT molecular complexity index is 1270. The van der Waals surface area contributed by atoms with Crippen molar-refractivity contribution in [3.05, 3.63) is 84.2 Å². The van der Waals surface area contributed by atoms with Gasteiger partial charge in [0.2, 0.25) is 5.91 Å². The zero-order valence-corrected chi connectivity index (χ0v) is 22.3. The van der Waals surface area contributed by atoms with Crippen LogP contribution in [0.15, 0.2) is 77.7 Å². The number of amides is 1. The maximum Gasteiger partial charge on any atom is 0.264 e. The number of carbonyl (C=O) groups excluding carboxylic acids is 1. The summed E-state index contributed by atoms with van der Waals surface area (Å²) in [5.41, 5.74) is 1.39. The lowest BCUT2D eigenvalue weighted by molar-refractivity contribution is -0.119. The van der Waals surface area contributed by atoms with E-state index in [1.165, 1.54) is 29.8 Å².